The molecule has 0 aliphatic rings. The molecule has 0 saturated carbocycles. The lowest BCUT2D eigenvalue weighted by Crippen LogP contribution is -2.39. The Kier molecular flexibility index (Phi) is 5.78. The van der Waals surface area contributed by atoms with Crippen molar-refractivity contribution in [1.82, 2.24) is 20.8 Å². The largest absolute Gasteiger partial charge is 0.423 e. The third kappa shape index (κ3) is 5.15. The molecule has 3 rings (SSSR count). The molecule has 8 heteroatoms. The molecular weight excluding hydrogens is 346 g/mol. The summed E-state index contributed by atoms with van der Waals surface area (Å²) in [6.07, 6.45) is 1.24. The summed E-state index contributed by atoms with van der Waals surface area (Å²) in [6.45, 7) is 2.11. The summed E-state index contributed by atoms with van der Waals surface area (Å²) in [5, 5.41) is 15.5. The van der Waals surface area contributed by atoms with Crippen LogP contribution < -0.4 is 16.0 Å². The Labute approximate surface area is 156 Å². The van der Waals surface area contributed by atoms with Gasteiger partial charge < -0.3 is 20.4 Å². The van der Waals surface area contributed by atoms with Crippen LogP contribution in [0.15, 0.2) is 59.3 Å². The van der Waals surface area contributed by atoms with Crippen molar-refractivity contribution in [2.24, 2.45) is 0 Å². The number of benzene rings is 2. The van der Waals surface area contributed by atoms with E-state index in [1.54, 1.807) is 6.07 Å². The first-order valence-electron chi connectivity index (χ1n) is 8.34. The highest BCUT2D eigenvalue weighted by Crippen LogP contribution is 2.23. The summed E-state index contributed by atoms with van der Waals surface area (Å²) in [4.78, 5) is 24.0. The first kappa shape index (κ1) is 18.1. The standard InChI is InChI=1S/C19H19N5O3/c1-13-7-8-15(18-24-22-12-27-18)9-16(13)23-17(25)11-21-19(26)20-10-14-5-3-2-4-6-14/h2-9,12H,10-11H2,1H3,(H,23,25)(H2,20,21,26). The number of hydrogen-bond acceptors (Lipinski definition) is 5. The van der Waals surface area contributed by atoms with Crippen molar-refractivity contribution < 1.29 is 14.0 Å². The summed E-state index contributed by atoms with van der Waals surface area (Å²) in [6, 6.07) is 14.5. The molecule has 3 N–H and O–H groups in total. The molecule has 0 bridgehead atoms. The predicted molar refractivity (Wildman–Crippen MR) is 99.8 cm³/mol. The quantitative estimate of drug-likeness (QED) is 0.622. The van der Waals surface area contributed by atoms with Crippen molar-refractivity contribution in [3.63, 3.8) is 0 Å². The minimum absolute atomic E-state index is 0.148. The molecule has 0 unspecified atom stereocenters. The second-order valence-electron chi connectivity index (χ2n) is 5.84. The zero-order chi connectivity index (χ0) is 19.1. The van der Waals surface area contributed by atoms with Crippen molar-refractivity contribution >= 4 is 17.6 Å². The van der Waals surface area contributed by atoms with Crippen LogP contribution >= 0.6 is 0 Å². The number of anilines is 1. The Hall–Kier alpha value is -3.68. The topological polar surface area (TPSA) is 109 Å². The van der Waals surface area contributed by atoms with Crippen LogP contribution in [0.2, 0.25) is 0 Å². The van der Waals surface area contributed by atoms with Gasteiger partial charge in [0.05, 0.1) is 6.54 Å². The minimum Gasteiger partial charge on any atom is -0.423 e. The number of rotatable bonds is 6. The molecule has 2 aromatic carbocycles. The molecule has 0 aliphatic heterocycles. The highest BCUT2D eigenvalue weighted by molar-refractivity contribution is 5.95. The molecule has 3 amide bonds. The molecule has 0 radical (unpaired) electrons. The molecule has 138 valence electrons. The molecular formula is C19H19N5O3. The van der Waals surface area contributed by atoms with Crippen LogP contribution in [0.4, 0.5) is 10.5 Å². The van der Waals surface area contributed by atoms with Gasteiger partial charge >= 0.3 is 6.03 Å². The Bertz CT molecular complexity index is 910. The lowest BCUT2D eigenvalue weighted by atomic mass is 10.1. The predicted octanol–water partition coefficient (Wildman–Crippen LogP) is 2.48. The number of nitrogens with one attached hydrogen (secondary N) is 3. The second-order valence-corrected chi connectivity index (χ2v) is 5.84. The van der Waals surface area contributed by atoms with Gasteiger partial charge in [0.25, 0.3) is 0 Å². The van der Waals surface area contributed by atoms with E-state index in [9.17, 15) is 9.59 Å². The van der Waals surface area contributed by atoms with Gasteiger partial charge in [0, 0.05) is 17.8 Å². The number of hydrogen-bond donors (Lipinski definition) is 3. The number of amides is 3. The number of aryl methyl sites for hydroxylation is 1. The average Bonchev–Trinajstić information content (AvgIpc) is 3.22. The fourth-order valence-corrected chi connectivity index (χ4v) is 2.38. The van der Waals surface area contributed by atoms with E-state index in [1.807, 2.05) is 49.4 Å². The van der Waals surface area contributed by atoms with E-state index in [1.165, 1.54) is 6.39 Å². The number of urea groups is 1. The van der Waals surface area contributed by atoms with Crippen LogP contribution in [0, 0.1) is 6.92 Å². The maximum Gasteiger partial charge on any atom is 0.315 e. The smallest absolute Gasteiger partial charge is 0.315 e. The van der Waals surface area contributed by atoms with Gasteiger partial charge in [0.1, 0.15) is 0 Å². The third-order valence-corrected chi connectivity index (χ3v) is 3.82. The monoisotopic (exact) mass is 365 g/mol. The number of nitrogens with zero attached hydrogens (tertiary/aromatic N) is 2. The van der Waals surface area contributed by atoms with Crippen molar-refractivity contribution in [2.75, 3.05) is 11.9 Å². The van der Waals surface area contributed by atoms with Crippen LogP contribution in [0.3, 0.4) is 0 Å². The molecule has 0 saturated heterocycles. The Balaban J connectivity index is 1.50. The van der Waals surface area contributed by atoms with Crippen LogP contribution in [0.1, 0.15) is 11.1 Å². The minimum atomic E-state index is -0.412. The molecule has 27 heavy (non-hydrogen) atoms. The van der Waals surface area contributed by atoms with Crippen LogP contribution in [0.25, 0.3) is 11.5 Å². The Morgan fingerprint density at radius 3 is 2.63 bits per heavy atom. The van der Waals surface area contributed by atoms with Crippen molar-refractivity contribution in [2.45, 2.75) is 13.5 Å². The maximum atomic E-state index is 12.1. The number of carbonyl (C=O) groups is 2. The lowest BCUT2D eigenvalue weighted by Gasteiger charge is -2.11. The molecule has 1 aromatic heterocycles. The molecule has 1 heterocycles. The number of aromatic nitrogens is 2. The fraction of sp³-hybridized carbons (Fsp3) is 0.158. The van der Waals surface area contributed by atoms with Crippen molar-refractivity contribution in [3.8, 4) is 11.5 Å². The first-order chi connectivity index (χ1) is 13.1. The number of carbonyl (C=O) groups excluding carboxylic acids is 2. The van der Waals surface area contributed by atoms with Crippen LogP contribution in [-0.2, 0) is 11.3 Å². The Morgan fingerprint density at radius 2 is 1.89 bits per heavy atom. The summed E-state index contributed by atoms with van der Waals surface area (Å²) >= 11 is 0. The van der Waals surface area contributed by atoms with Crippen molar-refractivity contribution in [1.29, 1.82) is 0 Å². The zero-order valence-electron chi connectivity index (χ0n) is 14.7. The molecule has 0 atom stereocenters. The van der Waals surface area contributed by atoms with Gasteiger partial charge in [0.15, 0.2) is 0 Å². The van der Waals surface area contributed by atoms with Gasteiger partial charge in [-0.2, -0.15) is 0 Å². The molecule has 0 spiro atoms. The summed E-state index contributed by atoms with van der Waals surface area (Å²) in [5.41, 5.74) is 3.16. The van der Waals surface area contributed by atoms with Gasteiger partial charge in [0.2, 0.25) is 18.2 Å². The highest BCUT2D eigenvalue weighted by atomic mass is 16.4. The Morgan fingerprint density at radius 1 is 1.07 bits per heavy atom. The summed E-state index contributed by atoms with van der Waals surface area (Å²) in [7, 11) is 0. The molecule has 8 nitrogen and oxygen atoms in total. The maximum absolute atomic E-state index is 12.1. The van der Waals surface area contributed by atoms with Gasteiger partial charge in [-0.15, -0.1) is 10.2 Å². The van der Waals surface area contributed by atoms with Crippen LogP contribution in [0.5, 0.6) is 0 Å². The highest BCUT2D eigenvalue weighted by Gasteiger charge is 2.10. The fourth-order valence-electron chi connectivity index (χ4n) is 2.38. The second kappa shape index (κ2) is 8.61. The normalized spacial score (nSPS) is 10.3. The van der Waals surface area contributed by atoms with E-state index < -0.39 is 6.03 Å². The van der Waals surface area contributed by atoms with Gasteiger partial charge in [-0.05, 0) is 30.2 Å². The SMILES string of the molecule is Cc1ccc(-c2nnco2)cc1NC(=O)CNC(=O)NCc1ccccc1. The molecule has 0 fully saturated rings. The lowest BCUT2D eigenvalue weighted by molar-refractivity contribution is -0.115. The summed E-state index contributed by atoms with van der Waals surface area (Å²) in [5.74, 6) is 0.0274. The zero-order valence-corrected chi connectivity index (χ0v) is 14.7. The van der Waals surface area contributed by atoms with E-state index in [0.29, 0.717) is 23.7 Å². The van der Waals surface area contributed by atoms with Gasteiger partial charge in [-0.1, -0.05) is 36.4 Å². The van der Waals surface area contributed by atoms with Gasteiger partial charge in [-0.25, -0.2) is 4.79 Å². The van der Waals surface area contributed by atoms with E-state index in [4.69, 9.17) is 4.42 Å². The van der Waals surface area contributed by atoms with Crippen molar-refractivity contribution in [3.05, 3.63) is 66.1 Å². The van der Waals surface area contributed by atoms with E-state index in [-0.39, 0.29) is 12.5 Å². The average molecular weight is 365 g/mol. The van der Waals surface area contributed by atoms with E-state index >= 15 is 0 Å². The molecule has 3 aromatic rings. The first-order valence-corrected chi connectivity index (χ1v) is 8.34. The van der Waals surface area contributed by atoms with Crippen LogP contribution in [-0.4, -0.2) is 28.7 Å². The summed E-state index contributed by atoms with van der Waals surface area (Å²) < 4.78 is 5.16. The van der Waals surface area contributed by atoms with E-state index in [2.05, 4.69) is 26.1 Å². The van der Waals surface area contributed by atoms with Gasteiger partial charge in [-0.3, -0.25) is 4.79 Å². The third-order valence-electron chi connectivity index (χ3n) is 3.82. The van der Waals surface area contributed by atoms with E-state index in [0.717, 1.165) is 11.1 Å². The molecule has 0 aliphatic carbocycles.